The summed E-state index contributed by atoms with van der Waals surface area (Å²) >= 11 is 1.23. The number of ketones is 1. The molecule has 0 bridgehead atoms. The number of carbonyl (C=O) groups is 2. The van der Waals surface area contributed by atoms with Crippen molar-refractivity contribution < 1.29 is 28.9 Å². The summed E-state index contributed by atoms with van der Waals surface area (Å²) in [4.78, 5) is 32.4. The number of thiazole rings is 1. The number of aliphatic hydroxyl groups is 1. The Morgan fingerprint density at radius 2 is 1.81 bits per heavy atom. The number of aliphatic hydroxyl groups excluding tert-OH is 1. The zero-order valence-corrected chi connectivity index (χ0v) is 24.5. The molecule has 1 amide bonds. The van der Waals surface area contributed by atoms with Gasteiger partial charge in [0.05, 0.1) is 25.3 Å². The number of hydrogen-bond donors (Lipinski definition) is 1. The maximum absolute atomic E-state index is 13.5. The van der Waals surface area contributed by atoms with Crippen LogP contribution in [-0.4, -0.2) is 35.5 Å². The number of aromatic nitrogens is 1. The average Bonchev–Trinajstić information content (AvgIpc) is 3.63. The van der Waals surface area contributed by atoms with Crippen LogP contribution < -0.4 is 19.1 Å². The highest BCUT2D eigenvalue weighted by atomic mass is 32.1. The third-order valence-electron chi connectivity index (χ3n) is 7.11. The Labute approximate surface area is 248 Å². The van der Waals surface area contributed by atoms with E-state index in [1.54, 1.807) is 54.0 Å². The number of aryl methyl sites for hydroxylation is 1. The highest BCUT2D eigenvalue weighted by Crippen LogP contribution is 2.44. The first-order valence-electron chi connectivity index (χ1n) is 13.7. The first kappa shape index (κ1) is 28.9. The zero-order chi connectivity index (χ0) is 29.6. The molecule has 8 nitrogen and oxygen atoms in total. The summed E-state index contributed by atoms with van der Waals surface area (Å²) in [6.07, 6.45) is 3.45. The lowest BCUT2D eigenvalue weighted by atomic mass is 9.95. The first-order valence-corrected chi connectivity index (χ1v) is 14.6. The number of ether oxygens (including phenoxy) is 3. The van der Waals surface area contributed by atoms with E-state index >= 15 is 0 Å². The van der Waals surface area contributed by atoms with E-state index in [1.165, 1.54) is 23.3 Å². The second-order valence-corrected chi connectivity index (χ2v) is 10.7. The smallest absolute Gasteiger partial charge is 0.301 e. The summed E-state index contributed by atoms with van der Waals surface area (Å²) in [5.74, 6) is -0.222. The van der Waals surface area contributed by atoms with Crippen LogP contribution in [-0.2, 0) is 16.2 Å². The predicted octanol–water partition coefficient (Wildman–Crippen LogP) is 6.84. The standard InChI is InChI=1S/C33H32N2O6S/c1-4-5-17-40-26-15-12-23(19-27(26)39-3)29-28(31(37)32(38)35(29)33-34-16-18-42-33)30(36)22-10-13-25(14-11-22)41-20-24-9-7-6-8-21(24)2/h6-16,18-19,29,36H,4-5,17,20H2,1-3H3. The zero-order valence-electron chi connectivity index (χ0n) is 23.7. The molecular formula is C33H32N2O6S. The van der Waals surface area contributed by atoms with Gasteiger partial charge in [-0.25, -0.2) is 4.98 Å². The van der Waals surface area contributed by atoms with Crippen LogP contribution in [0.3, 0.4) is 0 Å². The number of nitrogens with zero attached hydrogens (tertiary/aromatic N) is 2. The van der Waals surface area contributed by atoms with Gasteiger partial charge in [0, 0.05) is 17.1 Å². The predicted molar refractivity (Wildman–Crippen MR) is 162 cm³/mol. The molecule has 1 aromatic heterocycles. The molecule has 0 aliphatic carbocycles. The van der Waals surface area contributed by atoms with Gasteiger partial charge in [0.1, 0.15) is 18.1 Å². The van der Waals surface area contributed by atoms with Crippen molar-refractivity contribution in [2.75, 3.05) is 18.6 Å². The van der Waals surface area contributed by atoms with Gasteiger partial charge in [-0.05, 0) is 66.4 Å². The number of Topliss-reactive ketones (excluding diaryl/α,β-unsaturated/α-hetero) is 1. The molecule has 0 spiro atoms. The fourth-order valence-electron chi connectivity index (χ4n) is 4.78. The molecule has 0 saturated carbocycles. The molecule has 4 aromatic rings. The average molecular weight is 585 g/mol. The number of unbranched alkanes of at least 4 members (excludes halogenated alkanes) is 1. The van der Waals surface area contributed by atoms with E-state index in [0.29, 0.717) is 46.7 Å². The highest BCUT2D eigenvalue weighted by Gasteiger charge is 2.48. The van der Waals surface area contributed by atoms with Gasteiger partial charge < -0.3 is 19.3 Å². The summed E-state index contributed by atoms with van der Waals surface area (Å²) in [5.41, 5.74) is 3.12. The maximum Gasteiger partial charge on any atom is 0.301 e. The molecule has 5 rings (SSSR count). The van der Waals surface area contributed by atoms with Crippen LogP contribution in [0.25, 0.3) is 5.76 Å². The fourth-order valence-corrected chi connectivity index (χ4v) is 5.44. The molecule has 9 heteroatoms. The molecule has 1 aliphatic rings. The summed E-state index contributed by atoms with van der Waals surface area (Å²) in [7, 11) is 1.53. The van der Waals surface area contributed by atoms with Gasteiger partial charge in [-0.2, -0.15) is 0 Å². The minimum atomic E-state index is -0.924. The Morgan fingerprint density at radius 1 is 1.02 bits per heavy atom. The highest BCUT2D eigenvalue weighted by molar-refractivity contribution is 7.14. The molecule has 1 saturated heterocycles. The molecule has 1 atom stereocenters. The Hall–Kier alpha value is -4.63. The number of carbonyl (C=O) groups excluding carboxylic acids is 2. The van der Waals surface area contributed by atoms with Crippen molar-refractivity contribution >= 4 is 33.9 Å². The Balaban J connectivity index is 1.50. The largest absolute Gasteiger partial charge is 0.507 e. The lowest BCUT2D eigenvalue weighted by molar-refractivity contribution is -0.132. The number of rotatable bonds is 11. The van der Waals surface area contributed by atoms with Crippen LogP contribution in [0.5, 0.6) is 17.2 Å². The summed E-state index contributed by atoms with van der Waals surface area (Å²) in [6, 6.07) is 19.1. The van der Waals surface area contributed by atoms with E-state index in [2.05, 4.69) is 11.9 Å². The van der Waals surface area contributed by atoms with Crippen molar-refractivity contribution in [3.05, 3.63) is 106 Å². The summed E-state index contributed by atoms with van der Waals surface area (Å²) in [5, 5.41) is 13.6. The lowest BCUT2D eigenvalue weighted by Crippen LogP contribution is -2.29. The van der Waals surface area contributed by atoms with E-state index in [9.17, 15) is 14.7 Å². The second kappa shape index (κ2) is 12.9. The van der Waals surface area contributed by atoms with E-state index in [0.717, 1.165) is 24.0 Å². The topological polar surface area (TPSA) is 98.2 Å². The molecule has 42 heavy (non-hydrogen) atoms. The minimum absolute atomic E-state index is 0.0366. The van der Waals surface area contributed by atoms with Gasteiger partial charge in [-0.3, -0.25) is 14.5 Å². The molecular weight excluding hydrogens is 552 g/mol. The maximum atomic E-state index is 13.5. The van der Waals surface area contributed by atoms with Crippen molar-refractivity contribution in [3.63, 3.8) is 0 Å². The quantitative estimate of drug-likeness (QED) is 0.0892. The van der Waals surface area contributed by atoms with Crippen LogP contribution in [0.4, 0.5) is 5.13 Å². The van der Waals surface area contributed by atoms with Gasteiger partial charge in [-0.1, -0.05) is 43.7 Å². The number of benzene rings is 3. The summed E-state index contributed by atoms with van der Waals surface area (Å²) < 4.78 is 17.4. The van der Waals surface area contributed by atoms with E-state index in [1.807, 2.05) is 31.2 Å². The van der Waals surface area contributed by atoms with Gasteiger partial charge in [-0.15, -0.1) is 11.3 Å². The molecule has 1 unspecified atom stereocenters. The molecule has 3 aromatic carbocycles. The monoisotopic (exact) mass is 584 g/mol. The third-order valence-corrected chi connectivity index (χ3v) is 7.88. The van der Waals surface area contributed by atoms with Crippen molar-refractivity contribution in [2.24, 2.45) is 0 Å². The van der Waals surface area contributed by atoms with E-state index in [-0.39, 0.29) is 11.3 Å². The number of anilines is 1. The number of methoxy groups -OCH3 is 1. The molecule has 1 N–H and O–H groups in total. The number of amides is 1. The van der Waals surface area contributed by atoms with Crippen LogP contribution >= 0.6 is 11.3 Å². The van der Waals surface area contributed by atoms with Crippen LogP contribution in [0, 0.1) is 6.92 Å². The molecule has 0 radical (unpaired) electrons. The van der Waals surface area contributed by atoms with Crippen molar-refractivity contribution in [1.82, 2.24) is 4.98 Å². The Kier molecular flexibility index (Phi) is 8.88. The first-order chi connectivity index (χ1) is 20.4. The van der Waals surface area contributed by atoms with Gasteiger partial charge in [0.15, 0.2) is 16.6 Å². The molecule has 2 heterocycles. The lowest BCUT2D eigenvalue weighted by Gasteiger charge is -2.24. The van der Waals surface area contributed by atoms with Gasteiger partial charge in [0.25, 0.3) is 5.78 Å². The van der Waals surface area contributed by atoms with E-state index in [4.69, 9.17) is 14.2 Å². The SMILES string of the molecule is CCCCOc1ccc(C2C(=C(O)c3ccc(OCc4ccccc4C)cc3)C(=O)C(=O)N2c2nccs2)cc1OC. The van der Waals surface area contributed by atoms with Gasteiger partial charge in [0.2, 0.25) is 0 Å². The Morgan fingerprint density at radius 3 is 2.50 bits per heavy atom. The van der Waals surface area contributed by atoms with Crippen LogP contribution in [0.15, 0.2) is 83.9 Å². The van der Waals surface area contributed by atoms with Crippen molar-refractivity contribution in [2.45, 2.75) is 39.3 Å². The fraction of sp³-hybridized carbons (Fsp3) is 0.242. The minimum Gasteiger partial charge on any atom is -0.507 e. The van der Waals surface area contributed by atoms with Crippen molar-refractivity contribution in [1.29, 1.82) is 0 Å². The summed E-state index contributed by atoms with van der Waals surface area (Å²) in [6.45, 7) is 5.04. The number of hydrogen-bond acceptors (Lipinski definition) is 8. The van der Waals surface area contributed by atoms with Crippen LogP contribution in [0.1, 0.15) is 48.1 Å². The van der Waals surface area contributed by atoms with Crippen LogP contribution in [0.2, 0.25) is 0 Å². The molecule has 216 valence electrons. The normalized spacial score (nSPS) is 16.1. The Bertz CT molecular complexity index is 1600. The molecule has 1 aliphatic heterocycles. The second-order valence-electron chi connectivity index (χ2n) is 9.84. The third kappa shape index (κ3) is 5.87. The van der Waals surface area contributed by atoms with Crippen molar-refractivity contribution in [3.8, 4) is 17.2 Å². The van der Waals surface area contributed by atoms with E-state index < -0.39 is 17.7 Å². The van der Waals surface area contributed by atoms with Gasteiger partial charge >= 0.3 is 5.91 Å². The molecule has 1 fully saturated rings.